The van der Waals surface area contributed by atoms with Gasteiger partial charge in [-0.05, 0) is 13.0 Å². The van der Waals surface area contributed by atoms with Crippen LogP contribution in [-0.4, -0.2) is 29.5 Å². The summed E-state index contributed by atoms with van der Waals surface area (Å²) >= 11 is 0. The molecule has 2 atom stereocenters. The van der Waals surface area contributed by atoms with E-state index in [0.717, 1.165) is 0 Å². The van der Waals surface area contributed by atoms with E-state index in [4.69, 9.17) is 10.2 Å². The largest absolute Gasteiger partial charge is 0.394 e. The molecule has 0 heterocycles. The van der Waals surface area contributed by atoms with E-state index >= 15 is 0 Å². The van der Waals surface area contributed by atoms with Crippen molar-refractivity contribution in [2.24, 2.45) is 0 Å². The summed E-state index contributed by atoms with van der Waals surface area (Å²) in [6, 6.07) is 6.30. The van der Waals surface area contributed by atoms with Gasteiger partial charge < -0.3 is 15.5 Å². The van der Waals surface area contributed by atoms with Crippen LogP contribution >= 0.6 is 0 Å². The number of aliphatic hydroxyl groups is 2. The van der Waals surface area contributed by atoms with E-state index in [0.29, 0.717) is 5.56 Å². The first-order chi connectivity index (χ1) is 7.15. The average molecular weight is 213 g/mol. The summed E-state index contributed by atoms with van der Waals surface area (Å²) in [6.45, 7) is 1.76. The highest BCUT2D eigenvalue weighted by Crippen LogP contribution is 2.15. The average Bonchev–Trinajstić information content (AvgIpc) is 2.26. The predicted octanol–water partition coefficient (Wildman–Crippen LogP) is 0.829. The van der Waals surface area contributed by atoms with Gasteiger partial charge in [-0.2, -0.15) is 0 Å². The minimum Gasteiger partial charge on any atom is -0.394 e. The summed E-state index contributed by atoms with van der Waals surface area (Å²) in [6.07, 6.45) is -0.806. The maximum atomic E-state index is 13.3. The second-order valence-electron chi connectivity index (χ2n) is 3.49. The first kappa shape index (κ1) is 12.1. The summed E-state index contributed by atoms with van der Waals surface area (Å²) in [7, 11) is 0. The van der Waals surface area contributed by atoms with E-state index in [1.807, 2.05) is 6.92 Å². The van der Waals surface area contributed by atoms with Crippen molar-refractivity contribution in [1.29, 1.82) is 0 Å². The normalized spacial score (nSPS) is 14.9. The maximum Gasteiger partial charge on any atom is 0.127 e. The standard InChI is InChI=1S/C11H16FNO2/c1-8(13-6-9(15)7-14)10-4-2-3-5-11(10)12/h2-5,8-9,13-15H,6-7H2,1H3/t8?,9-/m0/s1. The van der Waals surface area contributed by atoms with Gasteiger partial charge in [0.1, 0.15) is 5.82 Å². The van der Waals surface area contributed by atoms with E-state index in [9.17, 15) is 4.39 Å². The van der Waals surface area contributed by atoms with Crippen LogP contribution in [0, 0.1) is 5.82 Å². The van der Waals surface area contributed by atoms with Crippen molar-refractivity contribution in [2.75, 3.05) is 13.2 Å². The number of hydrogen-bond acceptors (Lipinski definition) is 3. The van der Waals surface area contributed by atoms with E-state index in [-0.39, 0.29) is 25.0 Å². The van der Waals surface area contributed by atoms with Crippen LogP contribution in [0.4, 0.5) is 4.39 Å². The number of benzene rings is 1. The van der Waals surface area contributed by atoms with Crippen molar-refractivity contribution >= 4 is 0 Å². The SMILES string of the molecule is CC(NC[C@H](O)CO)c1ccccc1F. The number of nitrogens with one attached hydrogen (secondary N) is 1. The molecule has 0 fully saturated rings. The fourth-order valence-electron chi connectivity index (χ4n) is 1.31. The fraction of sp³-hybridized carbons (Fsp3) is 0.455. The van der Waals surface area contributed by atoms with Crippen molar-refractivity contribution in [3.8, 4) is 0 Å². The summed E-state index contributed by atoms with van der Waals surface area (Å²) in [5, 5.41) is 20.7. The quantitative estimate of drug-likeness (QED) is 0.679. The van der Waals surface area contributed by atoms with Crippen molar-refractivity contribution in [1.82, 2.24) is 5.32 Å². The molecule has 1 aromatic carbocycles. The molecule has 0 aromatic heterocycles. The van der Waals surface area contributed by atoms with Crippen molar-refractivity contribution in [2.45, 2.75) is 19.1 Å². The smallest absolute Gasteiger partial charge is 0.127 e. The molecule has 15 heavy (non-hydrogen) atoms. The Hall–Kier alpha value is -0.970. The number of hydrogen-bond donors (Lipinski definition) is 3. The second-order valence-corrected chi connectivity index (χ2v) is 3.49. The maximum absolute atomic E-state index is 13.3. The Morgan fingerprint density at radius 1 is 1.40 bits per heavy atom. The third-order valence-electron chi connectivity index (χ3n) is 2.24. The van der Waals surface area contributed by atoms with Gasteiger partial charge in [-0.25, -0.2) is 4.39 Å². The van der Waals surface area contributed by atoms with Gasteiger partial charge in [0, 0.05) is 18.2 Å². The summed E-state index contributed by atoms with van der Waals surface area (Å²) in [4.78, 5) is 0. The molecule has 0 saturated heterocycles. The Morgan fingerprint density at radius 3 is 2.67 bits per heavy atom. The predicted molar refractivity (Wildman–Crippen MR) is 55.9 cm³/mol. The van der Waals surface area contributed by atoms with E-state index < -0.39 is 6.10 Å². The molecule has 3 nitrogen and oxygen atoms in total. The molecule has 0 amide bonds. The van der Waals surface area contributed by atoms with Crippen LogP contribution in [0.5, 0.6) is 0 Å². The molecule has 0 aliphatic rings. The van der Waals surface area contributed by atoms with Crippen LogP contribution in [0.25, 0.3) is 0 Å². The highest BCUT2D eigenvalue weighted by molar-refractivity contribution is 5.20. The molecule has 1 unspecified atom stereocenters. The fourth-order valence-corrected chi connectivity index (χ4v) is 1.31. The molecule has 1 aromatic rings. The van der Waals surface area contributed by atoms with Crippen LogP contribution in [0.2, 0.25) is 0 Å². The Labute approximate surface area is 88.6 Å². The topological polar surface area (TPSA) is 52.5 Å². The molecule has 0 bridgehead atoms. The lowest BCUT2D eigenvalue weighted by atomic mass is 10.1. The van der Waals surface area contributed by atoms with Crippen LogP contribution < -0.4 is 5.32 Å². The van der Waals surface area contributed by atoms with E-state index in [2.05, 4.69) is 5.32 Å². The van der Waals surface area contributed by atoms with Gasteiger partial charge in [0.2, 0.25) is 0 Å². The van der Waals surface area contributed by atoms with Crippen LogP contribution in [-0.2, 0) is 0 Å². The monoisotopic (exact) mass is 213 g/mol. The molecule has 4 heteroatoms. The Morgan fingerprint density at radius 2 is 2.07 bits per heavy atom. The van der Waals surface area contributed by atoms with E-state index in [1.54, 1.807) is 18.2 Å². The highest BCUT2D eigenvalue weighted by Gasteiger charge is 2.10. The van der Waals surface area contributed by atoms with Crippen molar-refractivity contribution in [3.63, 3.8) is 0 Å². The summed E-state index contributed by atoms with van der Waals surface area (Å²) < 4.78 is 13.3. The zero-order valence-corrected chi connectivity index (χ0v) is 8.65. The van der Waals surface area contributed by atoms with Crippen LogP contribution in [0.15, 0.2) is 24.3 Å². The summed E-state index contributed by atoms with van der Waals surface area (Å²) in [5.74, 6) is -0.268. The molecule has 3 N–H and O–H groups in total. The first-order valence-corrected chi connectivity index (χ1v) is 4.92. The molecule has 84 valence electrons. The van der Waals surface area contributed by atoms with Gasteiger partial charge in [-0.1, -0.05) is 18.2 Å². The van der Waals surface area contributed by atoms with Crippen LogP contribution in [0.1, 0.15) is 18.5 Å². The molecule has 0 aliphatic carbocycles. The van der Waals surface area contributed by atoms with Gasteiger partial charge >= 0.3 is 0 Å². The lowest BCUT2D eigenvalue weighted by molar-refractivity contribution is 0.0923. The third-order valence-corrected chi connectivity index (χ3v) is 2.24. The molecular weight excluding hydrogens is 197 g/mol. The number of rotatable bonds is 5. The van der Waals surface area contributed by atoms with Gasteiger partial charge in [-0.3, -0.25) is 0 Å². The highest BCUT2D eigenvalue weighted by atomic mass is 19.1. The zero-order chi connectivity index (χ0) is 11.3. The third kappa shape index (κ3) is 3.58. The lowest BCUT2D eigenvalue weighted by Gasteiger charge is -2.16. The first-order valence-electron chi connectivity index (χ1n) is 4.92. The Balaban J connectivity index is 2.54. The molecule has 0 saturated carbocycles. The minimum atomic E-state index is -0.806. The van der Waals surface area contributed by atoms with E-state index in [1.165, 1.54) is 6.07 Å². The van der Waals surface area contributed by atoms with Crippen LogP contribution in [0.3, 0.4) is 0 Å². The lowest BCUT2D eigenvalue weighted by Crippen LogP contribution is -2.31. The van der Waals surface area contributed by atoms with Crippen molar-refractivity contribution in [3.05, 3.63) is 35.6 Å². The molecule has 0 radical (unpaired) electrons. The van der Waals surface area contributed by atoms with Gasteiger partial charge in [-0.15, -0.1) is 0 Å². The number of halogens is 1. The Bertz CT molecular complexity index is 306. The van der Waals surface area contributed by atoms with Gasteiger partial charge in [0.25, 0.3) is 0 Å². The minimum absolute atomic E-state index is 0.188. The van der Waals surface area contributed by atoms with Gasteiger partial charge in [0.15, 0.2) is 0 Å². The summed E-state index contributed by atoms with van der Waals surface area (Å²) in [5.41, 5.74) is 0.558. The molecule has 0 aliphatic heterocycles. The van der Waals surface area contributed by atoms with Crippen molar-refractivity contribution < 1.29 is 14.6 Å². The molecule has 1 rings (SSSR count). The second kappa shape index (κ2) is 5.80. The van der Waals surface area contributed by atoms with Gasteiger partial charge in [0.05, 0.1) is 12.7 Å². The Kier molecular flexibility index (Phi) is 4.68. The molecule has 0 spiro atoms. The zero-order valence-electron chi connectivity index (χ0n) is 8.65. The molecular formula is C11H16FNO2. The number of aliphatic hydroxyl groups excluding tert-OH is 2.